The molecule has 0 aliphatic rings. The zero-order valence-electron chi connectivity index (χ0n) is 12.9. The second-order valence-corrected chi connectivity index (χ2v) is 5.81. The number of aromatic nitrogens is 3. The van der Waals surface area contributed by atoms with Gasteiger partial charge in [-0.3, -0.25) is 5.32 Å². The third-order valence-electron chi connectivity index (χ3n) is 2.75. The number of aliphatic hydroxyl groups excluding tert-OH is 1. The maximum Gasteiger partial charge on any atom is 0.413 e. The molecular formula is C15H20N4O3. The second-order valence-electron chi connectivity index (χ2n) is 5.81. The highest BCUT2D eigenvalue weighted by molar-refractivity contribution is 5.84. The Morgan fingerprint density at radius 3 is 2.59 bits per heavy atom. The lowest BCUT2D eigenvalue weighted by Crippen LogP contribution is -2.28. The summed E-state index contributed by atoms with van der Waals surface area (Å²) in [4.78, 5) is 11.9. The van der Waals surface area contributed by atoms with Gasteiger partial charge in [-0.25, -0.2) is 9.48 Å². The van der Waals surface area contributed by atoms with Crippen molar-refractivity contribution in [3.8, 4) is 0 Å². The maximum atomic E-state index is 11.9. The van der Waals surface area contributed by atoms with Crippen molar-refractivity contribution in [2.75, 3.05) is 5.32 Å². The third-order valence-corrected chi connectivity index (χ3v) is 2.75. The molecule has 22 heavy (non-hydrogen) atoms. The Labute approximate surface area is 128 Å². The van der Waals surface area contributed by atoms with E-state index in [0.717, 1.165) is 5.56 Å². The molecule has 1 heterocycles. The summed E-state index contributed by atoms with van der Waals surface area (Å²) >= 11 is 0. The van der Waals surface area contributed by atoms with E-state index in [-0.39, 0.29) is 6.61 Å². The lowest BCUT2D eigenvalue weighted by molar-refractivity contribution is 0.0634. The zero-order chi connectivity index (χ0) is 16.2. The van der Waals surface area contributed by atoms with Gasteiger partial charge < -0.3 is 9.84 Å². The van der Waals surface area contributed by atoms with Crippen LogP contribution < -0.4 is 5.32 Å². The first-order valence-corrected chi connectivity index (χ1v) is 6.96. The first-order valence-electron chi connectivity index (χ1n) is 6.96. The van der Waals surface area contributed by atoms with Gasteiger partial charge in [0.25, 0.3) is 0 Å². The molecule has 1 amide bonds. The summed E-state index contributed by atoms with van der Waals surface area (Å²) in [5, 5.41) is 19.8. The Bertz CT molecular complexity index is 632. The standard InChI is InChI=1S/C15H20N4O3/c1-15(2,3)22-14(21)16-13-12(10-20)17-18-19(13)9-11-7-5-4-6-8-11/h4-8,20H,9-10H2,1-3H3,(H,16,21). The SMILES string of the molecule is CC(C)(C)OC(=O)Nc1c(CO)nnn1Cc1ccccc1. The summed E-state index contributed by atoms with van der Waals surface area (Å²) < 4.78 is 6.73. The predicted molar refractivity (Wildman–Crippen MR) is 81.3 cm³/mol. The Morgan fingerprint density at radius 1 is 1.32 bits per heavy atom. The predicted octanol–water partition coefficient (Wildman–Crippen LogP) is 2.17. The van der Waals surface area contributed by atoms with Crippen molar-refractivity contribution in [3.63, 3.8) is 0 Å². The molecule has 0 aliphatic heterocycles. The lowest BCUT2D eigenvalue weighted by atomic mass is 10.2. The van der Waals surface area contributed by atoms with Gasteiger partial charge in [0.05, 0.1) is 13.2 Å². The highest BCUT2D eigenvalue weighted by atomic mass is 16.6. The molecule has 2 N–H and O–H groups in total. The molecule has 2 aromatic rings. The molecule has 118 valence electrons. The number of hydrogen-bond acceptors (Lipinski definition) is 5. The molecular weight excluding hydrogens is 284 g/mol. The topological polar surface area (TPSA) is 89.3 Å². The number of aliphatic hydroxyl groups is 1. The Morgan fingerprint density at radius 2 is 2.00 bits per heavy atom. The van der Waals surface area contributed by atoms with E-state index in [2.05, 4.69) is 15.6 Å². The number of hydrogen-bond donors (Lipinski definition) is 2. The van der Waals surface area contributed by atoms with E-state index in [4.69, 9.17) is 4.74 Å². The first-order chi connectivity index (χ1) is 10.4. The van der Waals surface area contributed by atoms with Crippen molar-refractivity contribution in [1.82, 2.24) is 15.0 Å². The van der Waals surface area contributed by atoms with E-state index < -0.39 is 11.7 Å². The quantitative estimate of drug-likeness (QED) is 0.903. The van der Waals surface area contributed by atoms with Crippen LogP contribution in [0.4, 0.5) is 10.6 Å². The summed E-state index contributed by atoms with van der Waals surface area (Å²) in [5.74, 6) is 0.334. The molecule has 0 bridgehead atoms. The molecule has 0 spiro atoms. The summed E-state index contributed by atoms with van der Waals surface area (Å²) in [7, 11) is 0. The van der Waals surface area contributed by atoms with E-state index in [0.29, 0.717) is 18.1 Å². The minimum atomic E-state index is -0.612. The van der Waals surface area contributed by atoms with E-state index in [1.165, 1.54) is 4.68 Å². The smallest absolute Gasteiger partial charge is 0.413 e. The van der Waals surface area contributed by atoms with Crippen LogP contribution in [0.2, 0.25) is 0 Å². The van der Waals surface area contributed by atoms with Crippen LogP contribution in [-0.4, -0.2) is 31.8 Å². The van der Waals surface area contributed by atoms with Crippen molar-refractivity contribution >= 4 is 11.9 Å². The van der Waals surface area contributed by atoms with Crippen LogP contribution in [0.1, 0.15) is 32.0 Å². The molecule has 0 fully saturated rings. The molecule has 0 saturated heterocycles. The van der Waals surface area contributed by atoms with Gasteiger partial charge in [-0.2, -0.15) is 0 Å². The Hall–Kier alpha value is -2.41. The number of carbonyl (C=O) groups is 1. The average Bonchev–Trinajstić information content (AvgIpc) is 2.80. The van der Waals surface area contributed by atoms with Gasteiger partial charge >= 0.3 is 6.09 Å². The molecule has 0 atom stereocenters. The number of amides is 1. The summed E-state index contributed by atoms with van der Waals surface area (Å²) in [6, 6.07) is 9.64. The number of carbonyl (C=O) groups excluding carboxylic acids is 1. The van der Waals surface area contributed by atoms with E-state index in [1.807, 2.05) is 30.3 Å². The fourth-order valence-electron chi connectivity index (χ4n) is 1.86. The minimum Gasteiger partial charge on any atom is -0.444 e. The van der Waals surface area contributed by atoms with Gasteiger partial charge in [0, 0.05) is 0 Å². The van der Waals surface area contributed by atoms with Crippen LogP contribution >= 0.6 is 0 Å². The van der Waals surface area contributed by atoms with Gasteiger partial charge in [0.2, 0.25) is 0 Å². The molecule has 0 saturated carbocycles. The largest absolute Gasteiger partial charge is 0.444 e. The van der Waals surface area contributed by atoms with Gasteiger partial charge in [0.15, 0.2) is 5.82 Å². The Kier molecular flexibility index (Phi) is 4.77. The van der Waals surface area contributed by atoms with Crippen LogP contribution in [0.5, 0.6) is 0 Å². The lowest BCUT2D eigenvalue weighted by Gasteiger charge is -2.20. The highest BCUT2D eigenvalue weighted by Gasteiger charge is 2.20. The summed E-state index contributed by atoms with van der Waals surface area (Å²) in [5.41, 5.74) is 0.687. The molecule has 7 nitrogen and oxygen atoms in total. The second kappa shape index (κ2) is 6.57. The third kappa shape index (κ3) is 4.29. The number of rotatable bonds is 4. The van der Waals surface area contributed by atoms with Crippen molar-refractivity contribution in [2.24, 2.45) is 0 Å². The van der Waals surface area contributed by atoms with Gasteiger partial charge in [-0.15, -0.1) is 5.10 Å². The van der Waals surface area contributed by atoms with Crippen LogP contribution in [-0.2, 0) is 17.9 Å². The number of nitrogens with zero attached hydrogens (tertiary/aromatic N) is 3. The molecule has 1 aromatic heterocycles. The summed E-state index contributed by atoms with van der Waals surface area (Å²) in [6.45, 7) is 5.44. The monoisotopic (exact) mass is 304 g/mol. The number of anilines is 1. The molecule has 2 rings (SSSR count). The van der Waals surface area contributed by atoms with Gasteiger partial charge in [-0.1, -0.05) is 35.5 Å². The van der Waals surface area contributed by atoms with Crippen LogP contribution in [0.3, 0.4) is 0 Å². The molecule has 7 heteroatoms. The number of ether oxygens (including phenoxy) is 1. The number of nitrogens with one attached hydrogen (secondary N) is 1. The van der Waals surface area contributed by atoms with Crippen molar-refractivity contribution in [2.45, 2.75) is 39.5 Å². The van der Waals surface area contributed by atoms with Crippen molar-refractivity contribution < 1.29 is 14.6 Å². The maximum absolute atomic E-state index is 11.9. The Balaban J connectivity index is 2.18. The molecule has 0 unspecified atom stereocenters. The van der Waals surface area contributed by atoms with E-state index >= 15 is 0 Å². The molecule has 0 radical (unpaired) electrons. The minimum absolute atomic E-state index is 0.293. The number of benzene rings is 1. The normalized spacial score (nSPS) is 11.3. The zero-order valence-corrected chi connectivity index (χ0v) is 12.9. The van der Waals surface area contributed by atoms with Crippen molar-refractivity contribution in [1.29, 1.82) is 0 Å². The molecule has 0 aliphatic carbocycles. The summed E-state index contributed by atoms with van der Waals surface area (Å²) in [6.07, 6.45) is -0.612. The van der Waals surface area contributed by atoms with Crippen LogP contribution in [0.15, 0.2) is 30.3 Å². The fraction of sp³-hybridized carbons (Fsp3) is 0.400. The average molecular weight is 304 g/mol. The van der Waals surface area contributed by atoms with Crippen LogP contribution in [0.25, 0.3) is 0 Å². The molecule has 1 aromatic carbocycles. The van der Waals surface area contributed by atoms with Gasteiger partial charge in [0.1, 0.15) is 11.3 Å². The first kappa shape index (κ1) is 16.0. The highest BCUT2D eigenvalue weighted by Crippen LogP contribution is 2.16. The van der Waals surface area contributed by atoms with Crippen LogP contribution in [0, 0.1) is 0 Å². The van der Waals surface area contributed by atoms with Crippen molar-refractivity contribution in [3.05, 3.63) is 41.6 Å². The fourth-order valence-corrected chi connectivity index (χ4v) is 1.86. The van der Waals surface area contributed by atoms with E-state index in [1.54, 1.807) is 20.8 Å². The van der Waals surface area contributed by atoms with E-state index in [9.17, 15) is 9.90 Å². The van der Waals surface area contributed by atoms with Gasteiger partial charge in [-0.05, 0) is 26.3 Å².